The quantitative estimate of drug-likeness (QED) is 0.404. The molecule has 0 radical (unpaired) electrons. The lowest BCUT2D eigenvalue weighted by atomic mass is 9.91. The van der Waals surface area contributed by atoms with Crippen LogP contribution in [0.1, 0.15) is 42.4 Å². The minimum Gasteiger partial charge on any atom is -0.384 e. The molecular formula is C23H27Cl2N5O. The van der Waals surface area contributed by atoms with E-state index in [1.807, 2.05) is 30.3 Å². The van der Waals surface area contributed by atoms with E-state index >= 15 is 0 Å². The van der Waals surface area contributed by atoms with Gasteiger partial charge >= 0.3 is 0 Å². The molecule has 1 aliphatic carbocycles. The molecule has 1 heterocycles. The Morgan fingerprint density at radius 1 is 1.10 bits per heavy atom. The number of nitrogens with zero attached hydrogens (tertiary/aromatic N) is 1. The van der Waals surface area contributed by atoms with Crippen LogP contribution >= 0.6 is 23.2 Å². The van der Waals surface area contributed by atoms with Crippen molar-refractivity contribution >= 4 is 40.6 Å². The maximum atomic E-state index is 13.3. The molecular weight excluding hydrogens is 433 g/mol. The summed E-state index contributed by atoms with van der Waals surface area (Å²) in [4.78, 5) is 15.4. The fourth-order valence-corrected chi connectivity index (χ4v) is 5.12. The van der Waals surface area contributed by atoms with Crippen molar-refractivity contribution < 1.29 is 4.79 Å². The number of carbonyl (C=O) groups is 1. The van der Waals surface area contributed by atoms with E-state index in [4.69, 9.17) is 40.1 Å². The maximum absolute atomic E-state index is 13.3. The number of hydrogen-bond acceptors (Lipinski definition) is 4. The van der Waals surface area contributed by atoms with Gasteiger partial charge in [-0.05, 0) is 61.1 Å². The highest BCUT2D eigenvalue weighted by atomic mass is 35.5. The monoisotopic (exact) mass is 459 g/mol. The van der Waals surface area contributed by atoms with Crippen LogP contribution in [-0.4, -0.2) is 29.9 Å². The average molecular weight is 460 g/mol. The molecule has 2 aliphatic rings. The van der Waals surface area contributed by atoms with Crippen LogP contribution in [0.5, 0.6) is 0 Å². The van der Waals surface area contributed by atoms with Gasteiger partial charge in [0.1, 0.15) is 11.9 Å². The van der Waals surface area contributed by atoms with Crippen LogP contribution in [0.25, 0.3) is 0 Å². The topological polar surface area (TPSA) is 108 Å². The predicted octanol–water partition coefficient (Wildman–Crippen LogP) is 3.59. The van der Waals surface area contributed by atoms with Crippen molar-refractivity contribution in [2.24, 2.45) is 11.5 Å². The maximum Gasteiger partial charge on any atom is 0.243 e. The first-order valence-corrected chi connectivity index (χ1v) is 11.3. The smallest absolute Gasteiger partial charge is 0.243 e. The molecule has 6 nitrogen and oxygen atoms in total. The van der Waals surface area contributed by atoms with E-state index in [0.29, 0.717) is 28.6 Å². The molecule has 2 aromatic rings. The number of hydrogen-bond donors (Lipinski definition) is 4. The van der Waals surface area contributed by atoms with E-state index in [2.05, 4.69) is 10.2 Å². The highest BCUT2D eigenvalue weighted by Gasteiger charge is 2.36. The van der Waals surface area contributed by atoms with Crippen molar-refractivity contribution in [1.29, 1.82) is 5.41 Å². The molecule has 1 aliphatic heterocycles. The second-order valence-corrected chi connectivity index (χ2v) is 9.38. The second kappa shape index (κ2) is 9.07. The summed E-state index contributed by atoms with van der Waals surface area (Å²) >= 11 is 12.4. The Balaban J connectivity index is 1.61. The number of nitrogens with two attached hydrogens (primary N) is 2. The summed E-state index contributed by atoms with van der Waals surface area (Å²) in [7, 11) is 0. The summed E-state index contributed by atoms with van der Waals surface area (Å²) in [5.74, 6) is 0.00849. The van der Waals surface area contributed by atoms with E-state index < -0.39 is 0 Å². The van der Waals surface area contributed by atoms with E-state index in [9.17, 15) is 4.79 Å². The van der Waals surface area contributed by atoms with Crippen LogP contribution in [0.3, 0.4) is 0 Å². The molecule has 0 spiro atoms. The van der Waals surface area contributed by atoms with Crippen LogP contribution in [0, 0.1) is 5.41 Å². The summed E-state index contributed by atoms with van der Waals surface area (Å²) in [6, 6.07) is 11.1. The number of rotatable bonds is 5. The van der Waals surface area contributed by atoms with Crippen molar-refractivity contribution in [2.75, 3.05) is 4.90 Å². The Morgan fingerprint density at radius 2 is 1.77 bits per heavy atom. The first kappa shape index (κ1) is 21.9. The van der Waals surface area contributed by atoms with Gasteiger partial charge in [0.15, 0.2) is 0 Å². The number of anilines is 1. The molecule has 0 saturated heterocycles. The summed E-state index contributed by atoms with van der Waals surface area (Å²) in [6.45, 7) is 0.474. The van der Waals surface area contributed by atoms with Crippen LogP contribution in [0.15, 0.2) is 36.4 Å². The SMILES string of the molecule is N=C(N)c1ccc2c(c1)N(Cc1cc(Cl)cc(Cl)c1)C(C(=O)N[C@H]1CC[C@H](N)CC1)C2. The first-order valence-electron chi connectivity index (χ1n) is 10.5. The number of amides is 1. The van der Waals surface area contributed by atoms with Crippen LogP contribution in [0.2, 0.25) is 10.0 Å². The van der Waals surface area contributed by atoms with Gasteiger partial charge < -0.3 is 21.7 Å². The van der Waals surface area contributed by atoms with Crippen molar-refractivity contribution in [3.05, 3.63) is 63.1 Å². The van der Waals surface area contributed by atoms with Gasteiger partial charge in [-0.1, -0.05) is 35.3 Å². The molecule has 1 amide bonds. The highest BCUT2D eigenvalue weighted by molar-refractivity contribution is 6.34. The summed E-state index contributed by atoms with van der Waals surface area (Å²) in [6.07, 6.45) is 4.28. The van der Waals surface area contributed by atoms with Crippen LogP contribution < -0.4 is 21.7 Å². The van der Waals surface area contributed by atoms with Gasteiger partial charge in [-0.25, -0.2) is 0 Å². The normalized spacial score (nSPS) is 22.8. The number of halogens is 2. The van der Waals surface area contributed by atoms with E-state index in [0.717, 1.165) is 42.5 Å². The fraction of sp³-hybridized carbons (Fsp3) is 0.391. The van der Waals surface area contributed by atoms with E-state index in [1.54, 1.807) is 6.07 Å². The third-order valence-corrected chi connectivity index (χ3v) is 6.63. The van der Waals surface area contributed by atoms with Gasteiger partial charge in [-0.15, -0.1) is 0 Å². The molecule has 2 aromatic carbocycles. The number of nitrogen functional groups attached to an aromatic ring is 1. The van der Waals surface area contributed by atoms with Gasteiger partial charge in [0.2, 0.25) is 5.91 Å². The van der Waals surface area contributed by atoms with Crippen molar-refractivity contribution in [1.82, 2.24) is 5.32 Å². The molecule has 4 rings (SSSR count). The molecule has 1 unspecified atom stereocenters. The third-order valence-electron chi connectivity index (χ3n) is 6.19. The van der Waals surface area contributed by atoms with Gasteiger partial charge in [-0.2, -0.15) is 0 Å². The van der Waals surface area contributed by atoms with Crippen LogP contribution in [-0.2, 0) is 17.8 Å². The summed E-state index contributed by atoms with van der Waals surface area (Å²) in [5.41, 5.74) is 15.2. The Kier molecular flexibility index (Phi) is 6.42. The molecule has 1 fully saturated rings. The first-order chi connectivity index (χ1) is 14.8. The molecule has 0 bridgehead atoms. The zero-order valence-corrected chi connectivity index (χ0v) is 18.7. The summed E-state index contributed by atoms with van der Waals surface area (Å²) in [5, 5.41) is 12.1. The third kappa shape index (κ3) is 4.97. The Hall–Kier alpha value is -2.28. The molecule has 1 atom stereocenters. The van der Waals surface area contributed by atoms with Crippen molar-refractivity contribution in [3.8, 4) is 0 Å². The second-order valence-electron chi connectivity index (χ2n) is 8.50. The fourth-order valence-electron chi connectivity index (χ4n) is 4.55. The minimum absolute atomic E-state index is 0.00000379. The largest absolute Gasteiger partial charge is 0.384 e. The molecule has 0 aromatic heterocycles. The predicted molar refractivity (Wildman–Crippen MR) is 126 cm³/mol. The molecule has 31 heavy (non-hydrogen) atoms. The number of benzene rings is 2. The lowest BCUT2D eigenvalue weighted by Gasteiger charge is -2.31. The minimum atomic E-state index is -0.356. The van der Waals surface area contributed by atoms with Crippen molar-refractivity contribution in [2.45, 2.75) is 56.8 Å². The van der Waals surface area contributed by atoms with Gasteiger partial charge in [0.25, 0.3) is 0 Å². The summed E-state index contributed by atoms with van der Waals surface area (Å²) < 4.78 is 0. The number of amidine groups is 1. The standard InChI is InChI=1S/C23H27Cl2N5O/c24-16-7-13(8-17(25)11-16)12-30-20-10-15(22(27)28)2-1-14(20)9-21(30)23(31)29-19-5-3-18(26)4-6-19/h1-2,7-8,10-11,18-19,21H,3-6,9,12,26H2,(H3,27,28)(H,29,31)/t18-,19-,21?. The molecule has 164 valence electrons. The zero-order valence-electron chi connectivity index (χ0n) is 17.2. The molecule has 6 N–H and O–H groups in total. The Morgan fingerprint density at radius 3 is 2.42 bits per heavy atom. The van der Waals surface area contributed by atoms with E-state index in [1.165, 1.54) is 0 Å². The zero-order chi connectivity index (χ0) is 22.1. The molecule has 8 heteroatoms. The van der Waals surface area contributed by atoms with E-state index in [-0.39, 0.29) is 29.9 Å². The van der Waals surface area contributed by atoms with Gasteiger partial charge in [0.05, 0.1) is 0 Å². The number of fused-ring (bicyclic) bond motifs is 1. The Bertz CT molecular complexity index is 983. The lowest BCUT2D eigenvalue weighted by Crippen LogP contribution is -2.49. The lowest BCUT2D eigenvalue weighted by molar-refractivity contribution is -0.123. The van der Waals surface area contributed by atoms with Gasteiger partial charge in [0, 0.05) is 46.3 Å². The van der Waals surface area contributed by atoms with Crippen LogP contribution in [0.4, 0.5) is 5.69 Å². The average Bonchev–Trinajstić information content (AvgIpc) is 3.06. The molecule has 1 saturated carbocycles. The van der Waals surface area contributed by atoms with Gasteiger partial charge in [-0.3, -0.25) is 10.2 Å². The highest BCUT2D eigenvalue weighted by Crippen LogP contribution is 2.35. The number of carbonyl (C=O) groups excluding carboxylic acids is 1. The Labute approximate surface area is 192 Å². The number of nitrogens with one attached hydrogen (secondary N) is 2. The van der Waals surface area contributed by atoms with Crippen molar-refractivity contribution in [3.63, 3.8) is 0 Å².